The topological polar surface area (TPSA) is 96.7 Å². The van der Waals surface area contributed by atoms with Crippen molar-refractivity contribution in [3.63, 3.8) is 0 Å². The van der Waals surface area contributed by atoms with Gasteiger partial charge in [0.05, 0.1) is 12.0 Å². The van der Waals surface area contributed by atoms with Gasteiger partial charge in [0.15, 0.2) is 0 Å². The quantitative estimate of drug-likeness (QED) is 0.415. The number of carbonyl (C=O) groups excluding carboxylic acids is 1. The Labute approximate surface area is 203 Å². The summed E-state index contributed by atoms with van der Waals surface area (Å²) in [5, 5.41) is 7.97. The van der Waals surface area contributed by atoms with Crippen molar-refractivity contribution in [3.05, 3.63) is 60.6 Å². The SMILES string of the molecule is CO[C@H](C)C(=O)N1CCN(CCc2coc3cc(Oc4ccc(-c5ccn[nH]5)cn4)ccc23)CC1. The minimum atomic E-state index is -0.384. The summed E-state index contributed by atoms with van der Waals surface area (Å²) in [5.74, 6) is 1.25. The van der Waals surface area contributed by atoms with Crippen LogP contribution in [0.4, 0.5) is 0 Å². The molecule has 3 aromatic heterocycles. The molecule has 1 aromatic carbocycles. The van der Waals surface area contributed by atoms with E-state index in [9.17, 15) is 4.79 Å². The second-order valence-electron chi connectivity index (χ2n) is 8.67. The Kier molecular flexibility index (Phi) is 6.78. The Bertz CT molecular complexity index is 1260. The number of amides is 1. The molecule has 0 radical (unpaired) electrons. The first-order valence-electron chi connectivity index (χ1n) is 11.8. The average Bonchev–Trinajstić information content (AvgIpc) is 3.58. The summed E-state index contributed by atoms with van der Waals surface area (Å²) in [7, 11) is 1.57. The van der Waals surface area contributed by atoms with Gasteiger partial charge in [-0.25, -0.2) is 4.98 Å². The third-order valence-corrected chi connectivity index (χ3v) is 6.48. The van der Waals surface area contributed by atoms with Crippen molar-refractivity contribution in [3.8, 4) is 22.9 Å². The van der Waals surface area contributed by atoms with Crippen LogP contribution in [0.25, 0.3) is 22.2 Å². The van der Waals surface area contributed by atoms with E-state index in [0.717, 1.165) is 61.4 Å². The highest BCUT2D eigenvalue weighted by Gasteiger charge is 2.24. The number of nitrogens with one attached hydrogen (secondary N) is 1. The van der Waals surface area contributed by atoms with Gasteiger partial charge < -0.3 is 18.8 Å². The van der Waals surface area contributed by atoms with Crippen LogP contribution in [0.1, 0.15) is 12.5 Å². The first-order chi connectivity index (χ1) is 17.1. The number of fused-ring (bicyclic) bond motifs is 1. The van der Waals surface area contributed by atoms with E-state index < -0.39 is 0 Å². The smallest absolute Gasteiger partial charge is 0.251 e. The fourth-order valence-electron chi connectivity index (χ4n) is 4.29. The first-order valence-corrected chi connectivity index (χ1v) is 11.8. The van der Waals surface area contributed by atoms with Crippen molar-refractivity contribution >= 4 is 16.9 Å². The summed E-state index contributed by atoms with van der Waals surface area (Å²) in [4.78, 5) is 20.9. The molecule has 9 heteroatoms. The molecule has 5 rings (SSSR count). The Hall–Kier alpha value is -3.69. The maximum atomic E-state index is 12.3. The second kappa shape index (κ2) is 10.3. The molecule has 1 N–H and O–H groups in total. The predicted octanol–water partition coefficient (Wildman–Crippen LogP) is 3.73. The van der Waals surface area contributed by atoms with Crippen molar-refractivity contribution in [2.75, 3.05) is 39.8 Å². The molecular weight excluding hydrogens is 446 g/mol. The number of H-pyrrole nitrogens is 1. The van der Waals surface area contributed by atoms with Crippen LogP contribution < -0.4 is 4.74 Å². The molecule has 9 nitrogen and oxygen atoms in total. The third kappa shape index (κ3) is 5.21. The van der Waals surface area contributed by atoms with Gasteiger partial charge in [0, 0.05) is 75.3 Å². The molecule has 182 valence electrons. The highest BCUT2D eigenvalue weighted by molar-refractivity contribution is 5.82. The van der Waals surface area contributed by atoms with Gasteiger partial charge in [0.1, 0.15) is 17.4 Å². The number of methoxy groups -OCH3 is 1. The summed E-state index contributed by atoms with van der Waals surface area (Å²) in [6, 6.07) is 11.5. The van der Waals surface area contributed by atoms with E-state index in [1.165, 1.54) is 5.56 Å². The lowest BCUT2D eigenvalue weighted by Gasteiger charge is -2.35. The van der Waals surface area contributed by atoms with Gasteiger partial charge >= 0.3 is 0 Å². The lowest BCUT2D eigenvalue weighted by atomic mass is 10.1. The maximum Gasteiger partial charge on any atom is 0.251 e. The molecule has 0 bridgehead atoms. The van der Waals surface area contributed by atoms with Crippen LogP contribution in [0.5, 0.6) is 11.6 Å². The summed E-state index contributed by atoms with van der Waals surface area (Å²) in [6.07, 6.45) is 5.78. The van der Waals surface area contributed by atoms with Crippen LogP contribution in [0.15, 0.2) is 59.5 Å². The largest absolute Gasteiger partial charge is 0.464 e. The lowest BCUT2D eigenvalue weighted by molar-refractivity contribution is -0.142. The molecular formula is C26H29N5O4. The van der Waals surface area contributed by atoms with Crippen molar-refractivity contribution in [1.29, 1.82) is 0 Å². The first kappa shape index (κ1) is 23.1. The molecule has 1 atom stereocenters. The summed E-state index contributed by atoms with van der Waals surface area (Å²) >= 11 is 0. The molecule has 0 saturated carbocycles. The number of hydrogen-bond donors (Lipinski definition) is 1. The number of nitrogens with zero attached hydrogens (tertiary/aromatic N) is 4. The molecule has 1 aliphatic heterocycles. The fourth-order valence-corrected chi connectivity index (χ4v) is 4.29. The number of piperazine rings is 1. The van der Waals surface area contributed by atoms with Crippen LogP contribution in [-0.2, 0) is 16.0 Å². The van der Waals surface area contributed by atoms with Gasteiger partial charge in [0.25, 0.3) is 5.91 Å². The molecule has 1 saturated heterocycles. The van der Waals surface area contributed by atoms with Gasteiger partial charge in [0.2, 0.25) is 5.88 Å². The Morgan fingerprint density at radius 3 is 2.74 bits per heavy atom. The standard InChI is InChI=1S/C26H29N5O4/c1-18(33-2)26(32)31-13-11-30(12-14-31)10-8-20-17-34-24-15-21(4-5-22(20)24)35-25-6-3-19(16-27-25)23-7-9-28-29-23/h3-7,9,15-18H,8,10-14H2,1-2H3,(H,28,29)/t18-/m1/s1. The van der Waals surface area contributed by atoms with Gasteiger partial charge in [-0.3, -0.25) is 14.8 Å². The summed E-state index contributed by atoms with van der Waals surface area (Å²) in [5.41, 5.74) is 3.80. The van der Waals surface area contributed by atoms with E-state index in [4.69, 9.17) is 13.9 Å². The number of pyridine rings is 1. The molecule has 1 amide bonds. The van der Waals surface area contributed by atoms with Crippen LogP contribution in [0, 0.1) is 0 Å². The van der Waals surface area contributed by atoms with E-state index in [1.54, 1.807) is 26.4 Å². The van der Waals surface area contributed by atoms with Crippen molar-refractivity contribution in [1.82, 2.24) is 25.0 Å². The molecule has 0 aliphatic carbocycles. The van der Waals surface area contributed by atoms with Crippen LogP contribution in [0.3, 0.4) is 0 Å². The van der Waals surface area contributed by atoms with E-state index in [2.05, 4.69) is 20.1 Å². The van der Waals surface area contributed by atoms with E-state index in [-0.39, 0.29) is 12.0 Å². The minimum Gasteiger partial charge on any atom is -0.464 e. The number of carbonyl (C=O) groups is 1. The maximum absolute atomic E-state index is 12.3. The number of benzene rings is 1. The van der Waals surface area contributed by atoms with E-state index >= 15 is 0 Å². The molecule has 1 aliphatic rings. The third-order valence-electron chi connectivity index (χ3n) is 6.48. The van der Waals surface area contributed by atoms with Crippen LogP contribution in [0.2, 0.25) is 0 Å². The number of hydrogen-bond acceptors (Lipinski definition) is 7. The zero-order chi connectivity index (χ0) is 24.2. The second-order valence-corrected chi connectivity index (χ2v) is 8.67. The molecule has 1 fully saturated rings. The molecule has 0 spiro atoms. The fraction of sp³-hybridized carbons (Fsp3) is 0.346. The number of furan rings is 1. The predicted molar refractivity (Wildman–Crippen MR) is 131 cm³/mol. The van der Waals surface area contributed by atoms with Crippen LogP contribution >= 0.6 is 0 Å². The number of aromatic amines is 1. The van der Waals surface area contributed by atoms with Gasteiger partial charge in [-0.15, -0.1) is 0 Å². The Balaban J connectivity index is 1.16. The molecule has 4 heterocycles. The molecule has 0 unspecified atom stereocenters. The highest BCUT2D eigenvalue weighted by Crippen LogP contribution is 2.29. The monoisotopic (exact) mass is 475 g/mol. The zero-order valence-electron chi connectivity index (χ0n) is 19.9. The van der Waals surface area contributed by atoms with E-state index in [1.807, 2.05) is 47.6 Å². The Morgan fingerprint density at radius 1 is 1.17 bits per heavy atom. The van der Waals surface area contributed by atoms with Crippen molar-refractivity contribution in [2.24, 2.45) is 0 Å². The summed E-state index contributed by atoms with van der Waals surface area (Å²) < 4.78 is 16.9. The lowest BCUT2D eigenvalue weighted by Crippen LogP contribution is -2.51. The highest BCUT2D eigenvalue weighted by atomic mass is 16.5. The number of aromatic nitrogens is 3. The molecule has 35 heavy (non-hydrogen) atoms. The van der Waals surface area contributed by atoms with Crippen LogP contribution in [-0.4, -0.2) is 76.8 Å². The van der Waals surface area contributed by atoms with Crippen molar-refractivity contribution in [2.45, 2.75) is 19.4 Å². The number of ether oxygens (including phenoxy) is 2. The van der Waals surface area contributed by atoms with Gasteiger partial charge in [-0.05, 0) is 43.2 Å². The Morgan fingerprint density at radius 2 is 2.03 bits per heavy atom. The minimum absolute atomic E-state index is 0.0648. The van der Waals surface area contributed by atoms with Crippen molar-refractivity contribution < 1.29 is 18.7 Å². The summed E-state index contributed by atoms with van der Waals surface area (Å²) in [6.45, 7) is 5.90. The van der Waals surface area contributed by atoms with Gasteiger partial charge in [-0.2, -0.15) is 5.10 Å². The molecule has 4 aromatic rings. The normalized spacial score (nSPS) is 15.4. The number of rotatable bonds is 8. The van der Waals surface area contributed by atoms with E-state index in [0.29, 0.717) is 11.6 Å². The zero-order valence-corrected chi connectivity index (χ0v) is 19.9. The van der Waals surface area contributed by atoms with Gasteiger partial charge in [-0.1, -0.05) is 0 Å². The average molecular weight is 476 g/mol.